The fourth-order valence-corrected chi connectivity index (χ4v) is 6.11. The van der Waals surface area contributed by atoms with Gasteiger partial charge in [-0.2, -0.15) is 0 Å². The van der Waals surface area contributed by atoms with E-state index in [1.54, 1.807) is 6.07 Å². The maximum atomic E-state index is 13.7. The van der Waals surface area contributed by atoms with Crippen LogP contribution in [0.5, 0.6) is 0 Å². The molecule has 0 spiro atoms. The summed E-state index contributed by atoms with van der Waals surface area (Å²) in [5, 5.41) is 7.78. The van der Waals surface area contributed by atoms with Crippen LogP contribution in [0.15, 0.2) is 77.7 Å². The Morgan fingerprint density at radius 2 is 1.77 bits per heavy atom. The van der Waals surface area contributed by atoms with Gasteiger partial charge in [-0.15, -0.1) is 4.72 Å². The molecule has 0 radical (unpaired) electrons. The number of benzene rings is 3. The molecule has 1 fully saturated rings. The lowest BCUT2D eigenvalue weighted by molar-refractivity contribution is -0.134. The minimum Gasteiger partial charge on any atom is -0.593 e. The molecule has 0 saturated carbocycles. The molecule has 4 rings (SSSR count). The van der Waals surface area contributed by atoms with Crippen molar-refractivity contribution in [3.05, 3.63) is 89.5 Å². The van der Waals surface area contributed by atoms with Crippen molar-refractivity contribution in [1.29, 1.82) is 5.41 Å². The number of amidine groups is 1. The van der Waals surface area contributed by atoms with Gasteiger partial charge in [0.1, 0.15) is 11.9 Å². The lowest BCUT2D eigenvalue weighted by Gasteiger charge is -2.34. The molecule has 206 valence electrons. The number of piperidine rings is 1. The van der Waals surface area contributed by atoms with Crippen molar-refractivity contribution in [3.8, 4) is 11.1 Å². The van der Waals surface area contributed by atoms with Crippen LogP contribution in [0.2, 0.25) is 0 Å². The van der Waals surface area contributed by atoms with Gasteiger partial charge < -0.3 is 20.9 Å². The minimum absolute atomic E-state index is 0.0259. The Bertz CT molecular complexity index is 1260. The highest BCUT2D eigenvalue weighted by Crippen LogP contribution is 2.25. The normalized spacial score (nSPS) is 15.6. The van der Waals surface area contributed by atoms with E-state index in [-0.39, 0.29) is 11.7 Å². The van der Waals surface area contributed by atoms with Gasteiger partial charge in [0, 0.05) is 31.1 Å². The van der Waals surface area contributed by atoms with Crippen molar-refractivity contribution in [2.24, 2.45) is 17.4 Å². The van der Waals surface area contributed by atoms with Crippen LogP contribution < -0.4 is 16.2 Å². The van der Waals surface area contributed by atoms with Crippen LogP contribution in [0.25, 0.3) is 11.1 Å². The molecule has 1 aliphatic rings. The molecule has 2 atom stereocenters. The van der Waals surface area contributed by atoms with Crippen LogP contribution in [0.1, 0.15) is 42.9 Å². The van der Waals surface area contributed by atoms with E-state index >= 15 is 0 Å². The molecule has 1 amide bonds. The Labute approximate surface area is 234 Å². The number of likely N-dealkylation sites (tertiary alicyclic amines) is 1. The highest BCUT2D eigenvalue weighted by Gasteiger charge is 2.32. The second-order valence-electron chi connectivity index (χ2n) is 10.2. The van der Waals surface area contributed by atoms with Crippen LogP contribution in [-0.4, -0.2) is 46.9 Å². The first kappa shape index (κ1) is 28.8. The van der Waals surface area contributed by atoms with E-state index < -0.39 is 17.4 Å². The van der Waals surface area contributed by atoms with Gasteiger partial charge in [-0.05, 0) is 72.5 Å². The molecule has 39 heavy (non-hydrogen) atoms. The molecular formula is C31H39N5O2S. The zero-order valence-corrected chi connectivity index (χ0v) is 23.4. The number of rotatable bonds is 11. The summed E-state index contributed by atoms with van der Waals surface area (Å²) in [4.78, 5) is 16.2. The standard InChI is InChI=1S/C31H39N5O2S/c1-2-22-9-11-25(12-10-22)26-6-4-8-28(21-26)39(38)35-29(20-24-5-3-7-27(19-24)30(33)34)31(37)36-17-14-23(13-16-32)15-18-36/h3-12,19,21,23,29,35H,2,13-18,20,32H2,1H3,(H3,33,34). The topological polar surface area (TPSA) is 131 Å². The first-order chi connectivity index (χ1) is 18.9. The Hall–Kier alpha value is -3.17. The van der Waals surface area contributed by atoms with E-state index in [0.717, 1.165) is 42.4 Å². The lowest BCUT2D eigenvalue weighted by Crippen LogP contribution is -2.51. The first-order valence-corrected chi connectivity index (χ1v) is 14.8. The van der Waals surface area contributed by atoms with Crippen LogP contribution in [0.4, 0.5) is 0 Å². The van der Waals surface area contributed by atoms with E-state index in [4.69, 9.17) is 16.9 Å². The Kier molecular flexibility index (Phi) is 10.2. The molecule has 3 aromatic rings. The van der Waals surface area contributed by atoms with Crippen molar-refractivity contribution < 1.29 is 9.35 Å². The second kappa shape index (κ2) is 13.8. The number of aryl methyl sites for hydroxylation is 1. The Morgan fingerprint density at radius 1 is 1.05 bits per heavy atom. The summed E-state index contributed by atoms with van der Waals surface area (Å²) < 4.78 is 16.7. The van der Waals surface area contributed by atoms with Crippen molar-refractivity contribution in [1.82, 2.24) is 9.62 Å². The molecule has 0 aliphatic carbocycles. The number of nitrogens with two attached hydrogens (primary N) is 2. The van der Waals surface area contributed by atoms with E-state index in [1.165, 1.54) is 5.56 Å². The highest BCUT2D eigenvalue weighted by molar-refractivity contribution is 7.89. The summed E-state index contributed by atoms with van der Waals surface area (Å²) in [5.74, 6) is 0.456. The number of hydrogen-bond donors (Lipinski definition) is 4. The number of nitrogen functional groups attached to an aromatic ring is 1. The average molecular weight is 546 g/mol. The molecule has 2 unspecified atom stereocenters. The van der Waals surface area contributed by atoms with Crippen molar-refractivity contribution in [3.63, 3.8) is 0 Å². The summed E-state index contributed by atoms with van der Waals surface area (Å²) in [5.41, 5.74) is 16.2. The third-order valence-electron chi connectivity index (χ3n) is 7.47. The highest BCUT2D eigenvalue weighted by atomic mass is 32.2. The number of nitrogens with zero attached hydrogens (tertiary/aromatic N) is 1. The van der Waals surface area contributed by atoms with Gasteiger partial charge >= 0.3 is 0 Å². The van der Waals surface area contributed by atoms with E-state index in [2.05, 4.69) is 35.9 Å². The molecule has 1 saturated heterocycles. The second-order valence-corrected chi connectivity index (χ2v) is 11.4. The Balaban J connectivity index is 1.54. The number of amides is 1. The molecule has 3 aromatic carbocycles. The molecule has 0 aromatic heterocycles. The van der Waals surface area contributed by atoms with Gasteiger partial charge in [-0.3, -0.25) is 10.2 Å². The van der Waals surface area contributed by atoms with Gasteiger partial charge in [0.2, 0.25) is 5.91 Å². The molecule has 8 heteroatoms. The largest absolute Gasteiger partial charge is 0.593 e. The first-order valence-electron chi connectivity index (χ1n) is 13.7. The molecule has 1 aliphatic heterocycles. The number of nitrogens with one attached hydrogen (secondary N) is 2. The van der Waals surface area contributed by atoms with Gasteiger partial charge in [-0.25, -0.2) is 0 Å². The summed E-state index contributed by atoms with van der Waals surface area (Å²) in [6.45, 7) is 4.13. The molecular weight excluding hydrogens is 506 g/mol. The monoisotopic (exact) mass is 545 g/mol. The lowest BCUT2D eigenvalue weighted by atomic mass is 9.93. The van der Waals surface area contributed by atoms with Crippen LogP contribution in [0.3, 0.4) is 0 Å². The number of carbonyl (C=O) groups excluding carboxylic acids is 1. The quantitative estimate of drug-likeness (QED) is 0.164. The third-order valence-corrected chi connectivity index (χ3v) is 8.65. The van der Waals surface area contributed by atoms with Gasteiger partial charge in [0.15, 0.2) is 4.90 Å². The SMILES string of the molecule is CCc1ccc(-c2cccc([S+]([O-])NC(Cc3cccc(C(=N)N)c3)C(=O)N3CCC(CCN)CC3)c2)cc1. The molecule has 7 nitrogen and oxygen atoms in total. The maximum absolute atomic E-state index is 13.7. The molecule has 6 N–H and O–H groups in total. The minimum atomic E-state index is -1.61. The predicted octanol–water partition coefficient (Wildman–Crippen LogP) is 4.01. The summed E-state index contributed by atoms with van der Waals surface area (Å²) in [6, 6.07) is 22.7. The van der Waals surface area contributed by atoms with Gasteiger partial charge in [0.05, 0.1) is 11.4 Å². The average Bonchev–Trinajstić information content (AvgIpc) is 2.97. The van der Waals surface area contributed by atoms with E-state index in [0.29, 0.717) is 42.4 Å². The van der Waals surface area contributed by atoms with E-state index in [9.17, 15) is 9.35 Å². The van der Waals surface area contributed by atoms with Crippen LogP contribution in [-0.2, 0) is 29.0 Å². The fraction of sp³-hybridized carbons (Fsp3) is 0.355. The fourth-order valence-electron chi connectivity index (χ4n) is 5.10. The summed E-state index contributed by atoms with van der Waals surface area (Å²) in [7, 11) is 0. The maximum Gasteiger partial charge on any atom is 0.244 e. The number of carbonyl (C=O) groups is 1. The predicted molar refractivity (Wildman–Crippen MR) is 159 cm³/mol. The number of hydrogen-bond acceptors (Lipinski definition) is 5. The third kappa shape index (κ3) is 7.70. The van der Waals surface area contributed by atoms with Gasteiger partial charge in [-0.1, -0.05) is 61.5 Å². The van der Waals surface area contributed by atoms with Crippen molar-refractivity contribution >= 4 is 23.1 Å². The van der Waals surface area contributed by atoms with Crippen LogP contribution in [0, 0.1) is 11.3 Å². The van der Waals surface area contributed by atoms with Crippen molar-refractivity contribution in [2.45, 2.75) is 50.0 Å². The smallest absolute Gasteiger partial charge is 0.244 e. The zero-order valence-electron chi connectivity index (χ0n) is 22.6. The zero-order chi connectivity index (χ0) is 27.8. The molecule has 1 heterocycles. The summed E-state index contributed by atoms with van der Waals surface area (Å²) in [6.07, 6.45) is 4.15. The van der Waals surface area contributed by atoms with Crippen LogP contribution >= 0.6 is 0 Å². The molecule has 0 bridgehead atoms. The van der Waals surface area contributed by atoms with Crippen molar-refractivity contribution in [2.75, 3.05) is 19.6 Å². The Morgan fingerprint density at radius 3 is 2.44 bits per heavy atom. The van der Waals surface area contributed by atoms with E-state index in [1.807, 2.05) is 47.4 Å². The summed E-state index contributed by atoms with van der Waals surface area (Å²) >= 11 is -1.61. The van der Waals surface area contributed by atoms with Gasteiger partial charge in [0.25, 0.3) is 0 Å².